The molecule has 2 N–H and O–H groups in total. The van der Waals surface area contributed by atoms with Gasteiger partial charge in [-0.15, -0.1) is 0 Å². The number of carbonyl (C=O) groups is 1. The molecule has 0 saturated heterocycles. The van der Waals surface area contributed by atoms with Gasteiger partial charge in [0.05, 0.1) is 5.52 Å². The maximum absolute atomic E-state index is 14.5. The first kappa shape index (κ1) is 21.8. The summed E-state index contributed by atoms with van der Waals surface area (Å²) in [6.07, 6.45) is 3.40. The van der Waals surface area contributed by atoms with Crippen LogP contribution in [-0.4, -0.2) is 32.5 Å². The van der Waals surface area contributed by atoms with Crippen LogP contribution in [0.15, 0.2) is 59.5 Å². The largest absolute Gasteiger partial charge is 0.347 e. The number of halogens is 2. The molecule has 0 spiro atoms. The zero-order valence-electron chi connectivity index (χ0n) is 18.9. The van der Waals surface area contributed by atoms with E-state index < -0.39 is 17.5 Å². The molecule has 1 aromatic carbocycles. The van der Waals surface area contributed by atoms with E-state index in [0.717, 1.165) is 10.9 Å². The van der Waals surface area contributed by atoms with Crippen molar-refractivity contribution >= 4 is 22.5 Å². The van der Waals surface area contributed by atoms with Crippen LogP contribution in [0.5, 0.6) is 0 Å². The van der Waals surface area contributed by atoms with Crippen LogP contribution in [0, 0.1) is 11.4 Å². The molecule has 2 bridgehead atoms. The standard InChI is InChI=1S/C26H23F2N5O2/c27-23-18(11-29-15-25-12-26(28,13-25)14-25)8-17-7-16(4-5-19(17)32-23)10-30-24(35)20-9-22(34)33-6-2-1-3-21(33)31-20/h1-9,29H,10-15H2,(H,30,35). The van der Waals surface area contributed by atoms with E-state index in [2.05, 4.69) is 20.6 Å². The minimum atomic E-state index is -0.941. The number of nitrogens with zero attached hydrogens (tertiary/aromatic N) is 3. The first-order valence-electron chi connectivity index (χ1n) is 11.6. The van der Waals surface area contributed by atoms with Gasteiger partial charge in [-0.1, -0.05) is 12.1 Å². The average molecular weight is 475 g/mol. The van der Waals surface area contributed by atoms with Gasteiger partial charge in [0.2, 0.25) is 5.95 Å². The minimum absolute atomic E-state index is 0.0430. The zero-order chi connectivity index (χ0) is 24.2. The lowest BCUT2D eigenvalue weighted by Crippen LogP contribution is -2.67. The Morgan fingerprint density at radius 3 is 2.69 bits per heavy atom. The highest BCUT2D eigenvalue weighted by Crippen LogP contribution is 2.69. The van der Waals surface area contributed by atoms with Gasteiger partial charge in [0, 0.05) is 42.8 Å². The number of alkyl halides is 1. The summed E-state index contributed by atoms with van der Waals surface area (Å²) in [5, 5.41) is 6.79. The van der Waals surface area contributed by atoms with Gasteiger partial charge in [0.25, 0.3) is 11.5 Å². The summed E-state index contributed by atoms with van der Waals surface area (Å²) in [5.41, 5.74) is 0.975. The molecule has 3 aliphatic rings. The van der Waals surface area contributed by atoms with Gasteiger partial charge in [0.1, 0.15) is 17.0 Å². The number of carbonyl (C=O) groups excluding carboxylic acids is 1. The molecule has 1 amide bonds. The molecular weight excluding hydrogens is 452 g/mol. The Balaban J connectivity index is 1.13. The van der Waals surface area contributed by atoms with Crippen LogP contribution >= 0.6 is 0 Å². The van der Waals surface area contributed by atoms with E-state index in [4.69, 9.17) is 0 Å². The van der Waals surface area contributed by atoms with Gasteiger partial charge in [-0.25, -0.2) is 14.4 Å². The minimum Gasteiger partial charge on any atom is -0.347 e. The van der Waals surface area contributed by atoms with E-state index in [0.29, 0.717) is 49.1 Å². The number of pyridine rings is 2. The van der Waals surface area contributed by atoms with Gasteiger partial charge >= 0.3 is 0 Å². The van der Waals surface area contributed by atoms with Crippen molar-refractivity contribution in [3.05, 3.63) is 87.9 Å². The molecule has 3 fully saturated rings. The van der Waals surface area contributed by atoms with Gasteiger partial charge in [0.15, 0.2) is 0 Å². The Morgan fingerprint density at radius 2 is 1.89 bits per heavy atom. The van der Waals surface area contributed by atoms with Crippen LogP contribution in [0.1, 0.15) is 40.9 Å². The topological polar surface area (TPSA) is 88.4 Å². The predicted molar refractivity (Wildman–Crippen MR) is 126 cm³/mol. The monoisotopic (exact) mass is 475 g/mol. The Hall–Kier alpha value is -3.72. The highest BCUT2D eigenvalue weighted by Gasteiger charge is 2.68. The SMILES string of the molecule is O=C(NCc1ccc2nc(F)c(CNCC34CC(F)(C3)C4)cc2c1)c1cc(=O)n2ccccc2n1. The Labute approximate surface area is 199 Å². The summed E-state index contributed by atoms with van der Waals surface area (Å²) in [4.78, 5) is 33.2. The van der Waals surface area contributed by atoms with Crippen molar-refractivity contribution in [2.45, 2.75) is 38.0 Å². The number of aromatic nitrogens is 3. The second-order valence-corrected chi connectivity index (χ2v) is 9.84. The molecule has 4 aromatic rings. The molecule has 0 atom stereocenters. The second kappa shape index (κ2) is 7.91. The maximum atomic E-state index is 14.5. The van der Waals surface area contributed by atoms with Gasteiger partial charge in [-0.3, -0.25) is 14.0 Å². The number of benzene rings is 1. The third kappa shape index (κ3) is 3.95. The fourth-order valence-corrected chi connectivity index (χ4v) is 5.43. The molecule has 3 aliphatic carbocycles. The van der Waals surface area contributed by atoms with Crippen molar-refractivity contribution in [1.82, 2.24) is 25.0 Å². The maximum Gasteiger partial charge on any atom is 0.270 e. The van der Waals surface area contributed by atoms with Crippen molar-refractivity contribution in [1.29, 1.82) is 0 Å². The quantitative estimate of drug-likeness (QED) is 0.401. The summed E-state index contributed by atoms with van der Waals surface area (Å²) in [7, 11) is 0. The third-order valence-corrected chi connectivity index (χ3v) is 7.05. The molecule has 0 aliphatic heterocycles. The number of fused-ring (bicyclic) bond motifs is 2. The highest BCUT2D eigenvalue weighted by molar-refractivity contribution is 5.92. The van der Waals surface area contributed by atoms with E-state index in [1.54, 1.807) is 42.6 Å². The number of amides is 1. The normalized spacial score (nSPS) is 22.6. The summed E-state index contributed by atoms with van der Waals surface area (Å²) >= 11 is 0. The van der Waals surface area contributed by atoms with Crippen LogP contribution in [-0.2, 0) is 13.1 Å². The molecule has 178 valence electrons. The van der Waals surface area contributed by atoms with Gasteiger partial charge < -0.3 is 10.6 Å². The number of hydrogen-bond acceptors (Lipinski definition) is 5. The fraction of sp³-hybridized carbons (Fsp3) is 0.308. The lowest BCUT2D eigenvalue weighted by molar-refractivity contribution is -0.209. The molecule has 3 saturated carbocycles. The third-order valence-electron chi connectivity index (χ3n) is 7.05. The molecule has 35 heavy (non-hydrogen) atoms. The van der Waals surface area contributed by atoms with E-state index >= 15 is 0 Å². The molecule has 3 aromatic heterocycles. The number of hydrogen-bond donors (Lipinski definition) is 2. The van der Waals surface area contributed by atoms with Crippen LogP contribution in [0.2, 0.25) is 0 Å². The van der Waals surface area contributed by atoms with Crippen molar-refractivity contribution in [3.8, 4) is 0 Å². The molecule has 7 nitrogen and oxygen atoms in total. The van der Waals surface area contributed by atoms with Crippen LogP contribution < -0.4 is 16.2 Å². The van der Waals surface area contributed by atoms with Gasteiger partial charge in [-0.2, -0.15) is 4.39 Å². The lowest BCUT2D eigenvalue weighted by Gasteiger charge is -2.66. The smallest absolute Gasteiger partial charge is 0.270 e. The average Bonchev–Trinajstić information content (AvgIpc) is 2.81. The first-order valence-corrected chi connectivity index (χ1v) is 11.6. The van der Waals surface area contributed by atoms with E-state index in [-0.39, 0.29) is 23.2 Å². The predicted octanol–water partition coefficient (Wildman–Crippen LogP) is 3.29. The van der Waals surface area contributed by atoms with E-state index in [1.165, 1.54) is 10.5 Å². The number of rotatable bonds is 7. The molecular formula is C26H23F2N5O2. The molecule has 0 unspecified atom stereocenters. The molecule has 0 radical (unpaired) electrons. The zero-order valence-corrected chi connectivity index (χ0v) is 18.9. The van der Waals surface area contributed by atoms with Crippen LogP contribution in [0.25, 0.3) is 16.6 Å². The molecule has 3 heterocycles. The number of nitrogens with one attached hydrogen (secondary N) is 2. The Bertz CT molecular complexity index is 1530. The lowest BCUT2D eigenvalue weighted by atomic mass is 9.42. The van der Waals surface area contributed by atoms with Crippen LogP contribution in [0.4, 0.5) is 8.78 Å². The summed E-state index contributed by atoms with van der Waals surface area (Å²) in [5.74, 6) is -0.987. The molecule has 9 heteroatoms. The Kier molecular flexibility index (Phi) is 4.93. The summed E-state index contributed by atoms with van der Waals surface area (Å²) < 4.78 is 29.5. The van der Waals surface area contributed by atoms with Crippen molar-refractivity contribution < 1.29 is 13.6 Å². The van der Waals surface area contributed by atoms with Gasteiger partial charge in [-0.05, 0) is 60.6 Å². The Morgan fingerprint density at radius 1 is 1.06 bits per heavy atom. The summed E-state index contributed by atoms with van der Waals surface area (Å²) in [6, 6.07) is 13.4. The van der Waals surface area contributed by atoms with E-state index in [9.17, 15) is 18.4 Å². The first-order chi connectivity index (χ1) is 16.8. The van der Waals surface area contributed by atoms with Crippen LogP contribution in [0.3, 0.4) is 0 Å². The van der Waals surface area contributed by atoms with Crippen molar-refractivity contribution in [2.24, 2.45) is 5.41 Å². The highest BCUT2D eigenvalue weighted by atomic mass is 19.1. The molecule has 7 rings (SSSR count). The second-order valence-electron chi connectivity index (χ2n) is 9.84. The summed E-state index contributed by atoms with van der Waals surface area (Å²) in [6.45, 7) is 1.21. The van der Waals surface area contributed by atoms with Crippen molar-refractivity contribution in [3.63, 3.8) is 0 Å². The fourth-order valence-electron chi connectivity index (χ4n) is 5.43. The van der Waals surface area contributed by atoms with Crippen molar-refractivity contribution in [2.75, 3.05) is 6.54 Å². The van der Waals surface area contributed by atoms with E-state index in [1.807, 2.05) is 6.07 Å².